The molecule has 1 saturated heterocycles. The van der Waals surface area contributed by atoms with E-state index in [9.17, 15) is 8.42 Å². The van der Waals surface area contributed by atoms with Crippen LogP contribution in [0, 0.1) is 0 Å². The van der Waals surface area contributed by atoms with Gasteiger partial charge in [-0.25, -0.2) is 13.4 Å². The molecular weight excluding hydrogens is 276 g/mol. The van der Waals surface area contributed by atoms with Gasteiger partial charge in [-0.3, -0.25) is 0 Å². The van der Waals surface area contributed by atoms with Crippen molar-refractivity contribution in [2.75, 3.05) is 45.1 Å². The average molecular weight is 298 g/mol. The van der Waals surface area contributed by atoms with E-state index >= 15 is 0 Å². The van der Waals surface area contributed by atoms with Crippen LogP contribution in [0.25, 0.3) is 0 Å². The molecule has 0 spiro atoms. The molecule has 1 N–H and O–H groups in total. The molecule has 0 unspecified atom stereocenters. The first kappa shape index (κ1) is 15.2. The number of likely N-dealkylation sites (N-methyl/N-ethyl adjacent to an activating group) is 1. The van der Waals surface area contributed by atoms with Gasteiger partial charge >= 0.3 is 0 Å². The van der Waals surface area contributed by atoms with Crippen LogP contribution in [0.15, 0.2) is 23.2 Å². The second-order valence-electron chi connectivity index (χ2n) is 4.98. The van der Waals surface area contributed by atoms with Gasteiger partial charge in [0.25, 0.3) is 0 Å². The fraction of sp³-hybridized carbons (Fsp3) is 0.615. The lowest BCUT2D eigenvalue weighted by atomic mass is 10.4. The van der Waals surface area contributed by atoms with Gasteiger partial charge in [0, 0.05) is 38.9 Å². The summed E-state index contributed by atoms with van der Waals surface area (Å²) in [6.45, 7) is 5.32. The zero-order valence-electron chi connectivity index (χ0n) is 12.0. The Kier molecular flexibility index (Phi) is 4.95. The topological polar surface area (TPSA) is 65.5 Å². The van der Waals surface area contributed by atoms with Crippen molar-refractivity contribution in [2.45, 2.75) is 18.2 Å². The molecule has 0 radical (unpaired) electrons. The van der Waals surface area contributed by atoms with E-state index in [1.165, 1.54) is 0 Å². The highest BCUT2D eigenvalue weighted by Crippen LogP contribution is 2.23. The predicted octanol–water partition coefficient (Wildman–Crippen LogP) is 0.840. The lowest BCUT2D eigenvalue weighted by molar-refractivity contribution is 0.222. The molecule has 112 valence electrons. The van der Waals surface area contributed by atoms with E-state index in [-0.39, 0.29) is 4.90 Å². The fourth-order valence-electron chi connectivity index (χ4n) is 2.14. The van der Waals surface area contributed by atoms with Crippen LogP contribution in [0.3, 0.4) is 0 Å². The van der Waals surface area contributed by atoms with Gasteiger partial charge in [-0.05, 0) is 25.6 Å². The maximum atomic E-state index is 12.7. The summed E-state index contributed by atoms with van der Waals surface area (Å²) in [5.41, 5.74) is 0. The minimum Gasteiger partial charge on any atom is -0.369 e. The molecule has 2 rings (SSSR count). The summed E-state index contributed by atoms with van der Waals surface area (Å²) < 4.78 is 27.0. The minimum atomic E-state index is -3.46. The summed E-state index contributed by atoms with van der Waals surface area (Å²) in [7, 11) is -1.46. The molecule has 0 saturated carbocycles. The van der Waals surface area contributed by atoms with Crippen molar-refractivity contribution in [3.05, 3.63) is 18.3 Å². The number of piperazine rings is 1. The number of aromatic nitrogens is 1. The van der Waals surface area contributed by atoms with Crippen LogP contribution >= 0.6 is 0 Å². The number of nitrogens with zero attached hydrogens (tertiary/aromatic N) is 3. The van der Waals surface area contributed by atoms with E-state index in [0.29, 0.717) is 25.5 Å². The van der Waals surface area contributed by atoms with Gasteiger partial charge in [-0.2, -0.15) is 4.31 Å². The van der Waals surface area contributed by atoms with Gasteiger partial charge in [0.05, 0.1) is 0 Å². The monoisotopic (exact) mass is 298 g/mol. The highest BCUT2D eigenvalue weighted by molar-refractivity contribution is 7.89. The maximum Gasteiger partial charge on any atom is 0.246 e. The Morgan fingerprint density at radius 3 is 2.65 bits per heavy atom. The SMILES string of the molecule is CCCNc1ncccc1S(=O)(=O)N1CCN(C)CC1. The molecule has 1 aliphatic heterocycles. The van der Waals surface area contributed by atoms with Gasteiger partial charge in [-0.15, -0.1) is 0 Å². The molecule has 0 aliphatic carbocycles. The Bertz CT molecular complexity index is 539. The third-order valence-corrected chi connectivity index (χ3v) is 5.32. The fourth-order valence-corrected chi connectivity index (χ4v) is 3.68. The van der Waals surface area contributed by atoms with E-state index < -0.39 is 10.0 Å². The van der Waals surface area contributed by atoms with E-state index in [2.05, 4.69) is 15.2 Å². The quantitative estimate of drug-likeness (QED) is 0.872. The van der Waals surface area contributed by atoms with Crippen LogP contribution in [-0.2, 0) is 10.0 Å². The summed E-state index contributed by atoms with van der Waals surface area (Å²) in [5, 5.41) is 3.09. The zero-order valence-corrected chi connectivity index (χ0v) is 12.9. The molecule has 20 heavy (non-hydrogen) atoms. The first-order chi connectivity index (χ1) is 9.55. The highest BCUT2D eigenvalue weighted by atomic mass is 32.2. The molecule has 0 atom stereocenters. The summed E-state index contributed by atoms with van der Waals surface area (Å²) in [6.07, 6.45) is 2.53. The summed E-state index contributed by atoms with van der Waals surface area (Å²) >= 11 is 0. The van der Waals surface area contributed by atoms with Crippen LogP contribution in [0.4, 0.5) is 5.82 Å². The molecule has 1 aliphatic rings. The number of hydrogen-bond donors (Lipinski definition) is 1. The molecule has 0 amide bonds. The molecule has 0 bridgehead atoms. The second kappa shape index (κ2) is 6.51. The Morgan fingerprint density at radius 2 is 2.00 bits per heavy atom. The number of hydrogen-bond acceptors (Lipinski definition) is 5. The van der Waals surface area contributed by atoms with Crippen molar-refractivity contribution < 1.29 is 8.42 Å². The minimum absolute atomic E-state index is 0.276. The first-order valence-corrected chi connectivity index (χ1v) is 8.37. The molecule has 6 nitrogen and oxygen atoms in total. The summed E-state index contributed by atoms with van der Waals surface area (Å²) in [4.78, 5) is 6.57. The van der Waals surface area contributed by atoms with E-state index in [1.54, 1.807) is 22.6 Å². The first-order valence-electron chi connectivity index (χ1n) is 6.93. The number of nitrogens with one attached hydrogen (secondary N) is 1. The van der Waals surface area contributed by atoms with Crippen LogP contribution in [0.1, 0.15) is 13.3 Å². The van der Waals surface area contributed by atoms with Gasteiger partial charge in [0.15, 0.2) is 0 Å². The van der Waals surface area contributed by atoms with Gasteiger partial charge in [-0.1, -0.05) is 6.92 Å². The van der Waals surface area contributed by atoms with Gasteiger partial charge in [0.2, 0.25) is 10.0 Å². The van der Waals surface area contributed by atoms with Crippen molar-refractivity contribution >= 4 is 15.8 Å². The Hall–Kier alpha value is -1.18. The molecule has 1 aromatic rings. The van der Waals surface area contributed by atoms with Crippen molar-refractivity contribution in [3.8, 4) is 0 Å². The normalized spacial score (nSPS) is 18.1. The van der Waals surface area contributed by atoms with Crippen LogP contribution in [0.5, 0.6) is 0 Å². The molecule has 1 aromatic heterocycles. The molecule has 1 fully saturated rings. The number of sulfonamides is 1. The summed E-state index contributed by atoms with van der Waals surface area (Å²) in [6, 6.07) is 3.29. The Balaban J connectivity index is 2.25. The molecule has 7 heteroatoms. The van der Waals surface area contributed by atoms with Crippen LogP contribution in [0.2, 0.25) is 0 Å². The smallest absolute Gasteiger partial charge is 0.246 e. The lowest BCUT2D eigenvalue weighted by Gasteiger charge is -2.31. The Labute approximate surface area is 120 Å². The average Bonchev–Trinajstić information content (AvgIpc) is 2.46. The standard InChI is InChI=1S/C13H22N4O2S/c1-3-6-14-13-12(5-4-7-15-13)20(18,19)17-10-8-16(2)9-11-17/h4-5,7H,3,6,8-11H2,1-2H3,(H,14,15). The molecular formula is C13H22N4O2S. The largest absolute Gasteiger partial charge is 0.369 e. The van der Waals surface area contributed by atoms with Gasteiger partial charge in [0.1, 0.15) is 10.7 Å². The number of anilines is 1. The van der Waals surface area contributed by atoms with E-state index in [4.69, 9.17) is 0 Å². The predicted molar refractivity (Wildman–Crippen MR) is 79.3 cm³/mol. The van der Waals surface area contributed by atoms with Crippen molar-refractivity contribution in [1.29, 1.82) is 0 Å². The third kappa shape index (κ3) is 3.28. The number of rotatable bonds is 5. The van der Waals surface area contributed by atoms with E-state index in [0.717, 1.165) is 19.5 Å². The van der Waals surface area contributed by atoms with Crippen LogP contribution in [-0.4, -0.2) is 62.4 Å². The van der Waals surface area contributed by atoms with Crippen molar-refractivity contribution in [1.82, 2.24) is 14.2 Å². The third-order valence-electron chi connectivity index (χ3n) is 3.39. The highest BCUT2D eigenvalue weighted by Gasteiger charge is 2.29. The molecule has 0 aromatic carbocycles. The Morgan fingerprint density at radius 1 is 1.30 bits per heavy atom. The summed E-state index contributed by atoms with van der Waals surface area (Å²) in [5.74, 6) is 0.452. The zero-order chi connectivity index (χ0) is 14.6. The van der Waals surface area contributed by atoms with Crippen LogP contribution < -0.4 is 5.32 Å². The van der Waals surface area contributed by atoms with Crippen molar-refractivity contribution in [2.24, 2.45) is 0 Å². The molecule has 2 heterocycles. The van der Waals surface area contributed by atoms with Gasteiger partial charge < -0.3 is 10.2 Å². The maximum absolute atomic E-state index is 12.7. The lowest BCUT2D eigenvalue weighted by Crippen LogP contribution is -2.47. The number of pyridine rings is 1. The van der Waals surface area contributed by atoms with Crippen molar-refractivity contribution in [3.63, 3.8) is 0 Å². The second-order valence-corrected chi connectivity index (χ2v) is 6.89. The van der Waals surface area contributed by atoms with E-state index in [1.807, 2.05) is 14.0 Å².